The first-order valence-electron chi connectivity index (χ1n) is 8.82. The number of nitrogens with one attached hydrogen (secondary N) is 1. The van der Waals surface area contributed by atoms with Crippen molar-refractivity contribution in [3.8, 4) is 28.0 Å². The first-order chi connectivity index (χ1) is 12.6. The lowest BCUT2D eigenvalue weighted by atomic mass is 9.92. The van der Waals surface area contributed by atoms with Gasteiger partial charge in [-0.15, -0.1) is 0 Å². The Labute approximate surface area is 153 Å². The molecule has 0 aliphatic rings. The molecular formula is C21H24N4O. The van der Waals surface area contributed by atoms with E-state index in [4.69, 9.17) is 5.73 Å². The van der Waals surface area contributed by atoms with Crippen LogP contribution in [0, 0.1) is 6.92 Å². The number of aromatic nitrogens is 2. The van der Waals surface area contributed by atoms with E-state index in [1.54, 1.807) is 12.1 Å². The molecule has 1 aromatic carbocycles. The molecule has 3 aromatic rings. The number of nitrogens with two attached hydrogens (primary N) is 1. The molecule has 26 heavy (non-hydrogen) atoms. The van der Waals surface area contributed by atoms with Crippen LogP contribution in [0.25, 0.3) is 22.3 Å². The zero-order valence-electron chi connectivity index (χ0n) is 15.2. The van der Waals surface area contributed by atoms with Crippen LogP contribution in [0.15, 0.2) is 48.8 Å². The van der Waals surface area contributed by atoms with Crippen molar-refractivity contribution >= 4 is 5.82 Å². The Balaban J connectivity index is 2.20. The van der Waals surface area contributed by atoms with Gasteiger partial charge >= 0.3 is 0 Å². The second-order valence-electron chi connectivity index (χ2n) is 6.18. The number of hydrogen-bond donors (Lipinski definition) is 3. The van der Waals surface area contributed by atoms with E-state index in [1.807, 2.05) is 37.5 Å². The number of anilines is 1. The van der Waals surface area contributed by atoms with E-state index in [9.17, 15) is 5.11 Å². The lowest BCUT2D eigenvalue weighted by Crippen LogP contribution is -2.15. The number of hydrogen-bond acceptors (Lipinski definition) is 5. The van der Waals surface area contributed by atoms with Gasteiger partial charge in [-0.3, -0.25) is 4.98 Å². The molecule has 3 rings (SSSR count). The summed E-state index contributed by atoms with van der Waals surface area (Å²) in [5, 5.41) is 12.9. The third-order valence-electron chi connectivity index (χ3n) is 4.36. The SMILES string of the molecule is CCc1c(-c2ccc(O)cc2)cnc(NCCN)c1-c1ccc(C)nc1. The van der Waals surface area contributed by atoms with E-state index in [0.717, 1.165) is 40.2 Å². The molecule has 2 heterocycles. The first kappa shape index (κ1) is 17.9. The smallest absolute Gasteiger partial charge is 0.134 e. The monoisotopic (exact) mass is 348 g/mol. The van der Waals surface area contributed by atoms with Crippen molar-refractivity contribution in [2.75, 3.05) is 18.4 Å². The van der Waals surface area contributed by atoms with E-state index >= 15 is 0 Å². The van der Waals surface area contributed by atoms with Crippen molar-refractivity contribution in [2.45, 2.75) is 20.3 Å². The summed E-state index contributed by atoms with van der Waals surface area (Å²) in [6, 6.07) is 11.3. The number of aryl methyl sites for hydroxylation is 1. The number of pyridine rings is 2. The van der Waals surface area contributed by atoms with Gasteiger partial charge in [0, 0.05) is 47.9 Å². The average molecular weight is 348 g/mol. The average Bonchev–Trinajstić information content (AvgIpc) is 2.67. The maximum atomic E-state index is 9.58. The summed E-state index contributed by atoms with van der Waals surface area (Å²) < 4.78 is 0. The molecule has 4 N–H and O–H groups in total. The molecule has 0 aliphatic heterocycles. The van der Waals surface area contributed by atoms with Crippen molar-refractivity contribution in [1.82, 2.24) is 9.97 Å². The quantitative estimate of drug-likeness (QED) is 0.632. The van der Waals surface area contributed by atoms with Gasteiger partial charge in [0.05, 0.1) is 0 Å². The number of phenols is 1. The Morgan fingerprint density at radius 2 is 1.73 bits per heavy atom. The third-order valence-corrected chi connectivity index (χ3v) is 4.36. The normalized spacial score (nSPS) is 10.7. The largest absolute Gasteiger partial charge is 0.508 e. The summed E-state index contributed by atoms with van der Waals surface area (Å²) in [4.78, 5) is 9.12. The molecule has 5 heteroatoms. The zero-order valence-corrected chi connectivity index (χ0v) is 15.2. The van der Waals surface area contributed by atoms with Crippen LogP contribution in [0.4, 0.5) is 5.82 Å². The lowest BCUT2D eigenvalue weighted by molar-refractivity contribution is 0.475. The van der Waals surface area contributed by atoms with Crippen LogP contribution in [-0.2, 0) is 6.42 Å². The molecule has 0 saturated heterocycles. The predicted molar refractivity (Wildman–Crippen MR) is 106 cm³/mol. The molecule has 0 spiro atoms. The maximum absolute atomic E-state index is 9.58. The lowest BCUT2D eigenvalue weighted by Gasteiger charge is -2.18. The molecule has 134 valence electrons. The molecule has 0 unspecified atom stereocenters. The van der Waals surface area contributed by atoms with Crippen LogP contribution in [0.3, 0.4) is 0 Å². The summed E-state index contributed by atoms with van der Waals surface area (Å²) in [5.41, 5.74) is 12.0. The van der Waals surface area contributed by atoms with Crippen molar-refractivity contribution in [1.29, 1.82) is 0 Å². The van der Waals surface area contributed by atoms with E-state index < -0.39 is 0 Å². The van der Waals surface area contributed by atoms with Crippen molar-refractivity contribution in [3.05, 3.63) is 60.0 Å². The van der Waals surface area contributed by atoms with Gasteiger partial charge in [-0.25, -0.2) is 4.98 Å². The Hall–Kier alpha value is -2.92. The van der Waals surface area contributed by atoms with Gasteiger partial charge in [-0.1, -0.05) is 25.1 Å². The van der Waals surface area contributed by atoms with Crippen LogP contribution >= 0.6 is 0 Å². The van der Waals surface area contributed by atoms with Crippen LogP contribution in [-0.4, -0.2) is 28.2 Å². The Morgan fingerprint density at radius 3 is 2.35 bits per heavy atom. The highest BCUT2D eigenvalue weighted by atomic mass is 16.3. The second kappa shape index (κ2) is 7.97. The van der Waals surface area contributed by atoms with Gasteiger partial charge in [-0.05, 0) is 42.7 Å². The van der Waals surface area contributed by atoms with Crippen LogP contribution < -0.4 is 11.1 Å². The van der Waals surface area contributed by atoms with Gasteiger partial charge < -0.3 is 16.2 Å². The predicted octanol–water partition coefficient (Wildman–Crippen LogP) is 3.76. The zero-order chi connectivity index (χ0) is 18.5. The summed E-state index contributed by atoms with van der Waals surface area (Å²) in [6.45, 7) is 5.30. The maximum Gasteiger partial charge on any atom is 0.134 e. The van der Waals surface area contributed by atoms with Crippen molar-refractivity contribution < 1.29 is 5.11 Å². The molecule has 5 nitrogen and oxygen atoms in total. The second-order valence-corrected chi connectivity index (χ2v) is 6.18. The Bertz CT molecular complexity index is 874. The highest BCUT2D eigenvalue weighted by molar-refractivity contribution is 5.85. The van der Waals surface area contributed by atoms with Gasteiger partial charge in [0.1, 0.15) is 11.6 Å². The van der Waals surface area contributed by atoms with Crippen LogP contribution in [0.5, 0.6) is 5.75 Å². The van der Waals surface area contributed by atoms with Crippen molar-refractivity contribution in [3.63, 3.8) is 0 Å². The molecule has 0 atom stereocenters. The fraction of sp³-hybridized carbons (Fsp3) is 0.238. The van der Waals surface area contributed by atoms with Crippen LogP contribution in [0.1, 0.15) is 18.2 Å². The van der Waals surface area contributed by atoms with E-state index in [2.05, 4.69) is 28.3 Å². The number of phenolic OH excluding ortho intramolecular Hbond substituents is 1. The van der Waals surface area contributed by atoms with E-state index in [-0.39, 0.29) is 5.75 Å². The summed E-state index contributed by atoms with van der Waals surface area (Å²) in [5.74, 6) is 1.07. The topological polar surface area (TPSA) is 84.1 Å². The summed E-state index contributed by atoms with van der Waals surface area (Å²) in [7, 11) is 0. The van der Waals surface area contributed by atoms with E-state index in [1.165, 1.54) is 5.56 Å². The number of nitrogens with zero attached hydrogens (tertiary/aromatic N) is 2. The van der Waals surface area contributed by atoms with Crippen molar-refractivity contribution in [2.24, 2.45) is 5.73 Å². The first-order valence-corrected chi connectivity index (χ1v) is 8.82. The number of benzene rings is 1. The number of aromatic hydroxyl groups is 1. The minimum atomic E-state index is 0.254. The molecule has 0 saturated carbocycles. The molecular weight excluding hydrogens is 324 g/mol. The van der Waals surface area contributed by atoms with E-state index in [0.29, 0.717) is 13.1 Å². The molecule has 0 amide bonds. The standard InChI is InChI=1S/C21H24N4O/c1-3-18-19(15-6-8-17(26)9-7-15)13-25-21(23-11-10-22)20(18)16-5-4-14(2)24-12-16/h4-9,12-13,26H,3,10-11,22H2,1-2H3,(H,23,25). The van der Waals surface area contributed by atoms with Crippen LogP contribution in [0.2, 0.25) is 0 Å². The fourth-order valence-electron chi connectivity index (χ4n) is 3.06. The van der Waals surface area contributed by atoms with Gasteiger partial charge in [0.25, 0.3) is 0 Å². The molecule has 0 bridgehead atoms. The minimum Gasteiger partial charge on any atom is -0.508 e. The highest BCUT2D eigenvalue weighted by Gasteiger charge is 2.17. The molecule has 0 radical (unpaired) electrons. The highest BCUT2D eigenvalue weighted by Crippen LogP contribution is 2.37. The molecule has 0 aliphatic carbocycles. The minimum absolute atomic E-state index is 0.254. The third kappa shape index (κ3) is 3.68. The van der Waals surface area contributed by atoms with Gasteiger partial charge in [-0.2, -0.15) is 0 Å². The molecule has 2 aromatic heterocycles. The number of rotatable bonds is 6. The summed E-state index contributed by atoms with van der Waals surface area (Å²) >= 11 is 0. The van der Waals surface area contributed by atoms with Gasteiger partial charge in [0.15, 0.2) is 0 Å². The summed E-state index contributed by atoms with van der Waals surface area (Å²) in [6.07, 6.45) is 4.62. The Kier molecular flexibility index (Phi) is 5.49. The molecule has 0 fully saturated rings. The Morgan fingerprint density at radius 1 is 1.00 bits per heavy atom. The fourth-order valence-corrected chi connectivity index (χ4v) is 3.06. The van der Waals surface area contributed by atoms with Gasteiger partial charge in [0.2, 0.25) is 0 Å².